The number of thiophene rings is 1. The fraction of sp³-hybridized carbons (Fsp3) is 0.318. The number of carbonyl (C=O) groups excluding carboxylic acids is 3. The highest BCUT2D eigenvalue weighted by molar-refractivity contribution is 7.99. The molecule has 2 aromatic heterocycles. The number of esters is 1. The minimum absolute atomic E-state index is 0.0133. The van der Waals surface area contributed by atoms with Gasteiger partial charge in [0.2, 0.25) is 5.91 Å². The summed E-state index contributed by atoms with van der Waals surface area (Å²) in [6.45, 7) is 5.23. The van der Waals surface area contributed by atoms with E-state index in [1.807, 2.05) is 6.92 Å². The van der Waals surface area contributed by atoms with E-state index in [-0.39, 0.29) is 27.8 Å². The van der Waals surface area contributed by atoms with Gasteiger partial charge < -0.3 is 25.1 Å². The van der Waals surface area contributed by atoms with Crippen molar-refractivity contribution < 1.29 is 23.9 Å². The number of halogens is 1. The van der Waals surface area contributed by atoms with Gasteiger partial charge in [0.15, 0.2) is 17.1 Å². The van der Waals surface area contributed by atoms with Gasteiger partial charge in [0.1, 0.15) is 10.8 Å². The molecule has 0 spiro atoms. The van der Waals surface area contributed by atoms with Crippen molar-refractivity contribution in [2.75, 3.05) is 17.7 Å². The lowest BCUT2D eigenvalue weighted by molar-refractivity contribution is -0.113. The molecule has 13 heteroatoms. The fourth-order valence-corrected chi connectivity index (χ4v) is 5.14. The zero-order chi connectivity index (χ0) is 25.7. The molecule has 1 atom stereocenters. The molecule has 0 saturated heterocycles. The number of ether oxygens (including phenoxy) is 2. The first kappa shape index (κ1) is 26.5. The molecule has 3 aromatic rings. The van der Waals surface area contributed by atoms with Crippen molar-refractivity contribution >= 4 is 57.5 Å². The molecule has 35 heavy (non-hydrogen) atoms. The van der Waals surface area contributed by atoms with Gasteiger partial charge in [0.05, 0.1) is 22.8 Å². The van der Waals surface area contributed by atoms with Crippen LogP contribution < -0.4 is 15.8 Å². The molecule has 2 heterocycles. The lowest BCUT2D eigenvalue weighted by Gasteiger charge is -2.14. The van der Waals surface area contributed by atoms with E-state index in [1.54, 1.807) is 49.7 Å². The van der Waals surface area contributed by atoms with Gasteiger partial charge >= 0.3 is 5.97 Å². The van der Waals surface area contributed by atoms with Crippen LogP contribution >= 0.6 is 34.7 Å². The summed E-state index contributed by atoms with van der Waals surface area (Å²) in [5.41, 5.74) is 5.90. The van der Waals surface area contributed by atoms with Crippen LogP contribution in [0.3, 0.4) is 0 Å². The van der Waals surface area contributed by atoms with E-state index in [9.17, 15) is 14.4 Å². The zero-order valence-electron chi connectivity index (χ0n) is 19.5. The number of hydrogen-bond acceptors (Lipinski definition) is 9. The van der Waals surface area contributed by atoms with Crippen molar-refractivity contribution in [3.63, 3.8) is 0 Å². The summed E-state index contributed by atoms with van der Waals surface area (Å²) in [5, 5.41) is 12.3. The second kappa shape index (κ2) is 11.6. The number of nitrogens with one attached hydrogen (secondary N) is 1. The van der Waals surface area contributed by atoms with Crippen molar-refractivity contribution in [1.29, 1.82) is 0 Å². The number of carbonyl (C=O) groups is 3. The van der Waals surface area contributed by atoms with Gasteiger partial charge in [0.25, 0.3) is 5.91 Å². The third-order valence-corrected chi connectivity index (χ3v) is 7.25. The third kappa shape index (κ3) is 6.32. The quantitative estimate of drug-likeness (QED) is 0.292. The van der Waals surface area contributed by atoms with Gasteiger partial charge in [-0.3, -0.25) is 9.59 Å². The Labute approximate surface area is 215 Å². The third-order valence-electron chi connectivity index (χ3n) is 4.78. The maximum absolute atomic E-state index is 12.6. The van der Waals surface area contributed by atoms with Crippen LogP contribution in [-0.4, -0.2) is 44.9 Å². The molecule has 1 unspecified atom stereocenters. The Morgan fingerprint density at radius 2 is 2.06 bits per heavy atom. The Balaban J connectivity index is 1.68. The molecule has 0 fully saturated rings. The molecule has 3 rings (SSSR count). The fourth-order valence-electron chi connectivity index (χ4n) is 3.18. The minimum atomic E-state index is -0.686. The molecule has 0 saturated carbocycles. The van der Waals surface area contributed by atoms with Crippen molar-refractivity contribution in [3.05, 3.63) is 51.1 Å². The lowest BCUT2D eigenvalue weighted by atomic mass is 10.1. The standard InChI is InChI=1S/C22H24ClN5O5S2/c1-5-32-21(31)16-11(2)17(18(24)30)35-20(16)25-15(29)10-34-22-27-26-19(28(22)4)12(3)33-14-8-6-7-13(23)9-14/h6-9,12H,5,10H2,1-4H3,(H2,24,30)(H,25,29). The predicted molar refractivity (Wildman–Crippen MR) is 134 cm³/mol. The number of primary amides is 1. The van der Waals surface area contributed by atoms with Gasteiger partial charge in [-0.1, -0.05) is 29.4 Å². The van der Waals surface area contributed by atoms with Crippen LogP contribution in [-0.2, 0) is 16.6 Å². The molecule has 0 aliphatic carbocycles. The van der Waals surface area contributed by atoms with Gasteiger partial charge in [0, 0.05) is 12.1 Å². The lowest BCUT2D eigenvalue weighted by Crippen LogP contribution is -2.17. The Morgan fingerprint density at radius 3 is 2.71 bits per heavy atom. The highest BCUT2D eigenvalue weighted by atomic mass is 35.5. The second-order valence-corrected chi connectivity index (χ2v) is 9.70. The summed E-state index contributed by atoms with van der Waals surface area (Å²) in [7, 11) is 1.77. The largest absolute Gasteiger partial charge is 0.483 e. The maximum Gasteiger partial charge on any atom is 0.341 e. The van der Waals surface area contributed by atoms with Crippen LogP contribution in [0.2, 0.25) is 5.02 Å². The van der Waals surface area contributed by atoms with E-state index in [4.69, 9.17) is 26.8 Å². The molecule has 2 amide bonds. The number of hydrogen-bond donors (Lipinski definition) is 2. The van der Waals surface area contributed by atoms with Crippen LogP contribution in [0.5, 0.6) is 5.75 Å². The highest BCUT2D eigenvalue weighted by Gasteiger charge is 2.26. The van der Waals surface area contributed by atoms with E-state index in [0.717, 1.165) is 23.1 Å². The van der Waals surface area contributed by atoms with Crippen molar-refractivity contribution in [2.45, 2.75) is 32.0 Å². The van der Waals surface area contributed by atoms with Crippen LogP contribution in [0.1, 0.15) is 51.4 Å². The molecule has 10 nitrogen and oxygen atoms in total. The molecule has 3 N–H and O–H groups in total. The molecule has 1 aromatic carbocycles. The number of anilines is 1. The molecule has 0 radical (unpaired) electrons. The average Bonchev–Trinajstić information content (AvgIpc) is 3.32. The summed E-state index contributed by atoms with van der Waals surface area (Å²) in [6.07, 6.45) is -0.414. The summed E-state index contributed by atoms with van der Waals surface area (Å²) < 4.78 is 12.7. The number of nitrogens with zero attached hydrogens (tertiary/aromatic N) is 3. The number of nitrogens with two attached hydrogens (primary N) is 1. The summed E-state index contributed by atoms with van der Waals surface area (Å²) >= 11 is 8.10. The Hall–Kier alpha value is -3.09. The molecule has 186 valence electrons. The average molecular weight is 538 g/mol. The smallest absolute Gasteiger partial charge is 0.341 e. The second-order valence-electron chi connectivity index (χ2n) is 7.30. The molecule has 0 aliphatic rings. The van der Waals surface area contributed by atoms with Gasteiger partial charge in [-0.15, -0.1) is 21.5 Å². The van der Waals surface area contributed by atoms with Crippen LogP contribution in [0.15, 0.2) is 29.4 Å². The first-order valence-electron chi connectivity index (χ1n) is 10.5. The number of aromatic nitrogens is 3. The van der Waals surface area contributed by atoms with Crippen molar-refractivity contribution in [2.24, 2.45) is 12.8 Å². The van der Waals surface area contributed by atoms with Crippen LogP contribution in [0.25, 0.3) is 0 Å². The number of benzene rings is 1. The van der Waals surface area contributed by atoms with E-state index in [1.165, 1.54) is 0 Å². The van der Waals surface area contributed by atoms with E-state index < -0.39 is 23.9 Å². The number of rotatable bonds is 10. The van der Waals surface area contributed by atoms with Crippen molar-refractivity contribution in [3.8, 4) is 5.75 Å². The minimum Gasteiger partial charge on any atom is -0.483 e. The predicted octanol–water partition coefficient (Wildman–Crippen LogP) is 3.98. The topological polar surface area (TPSA) is 138 Å². The molecular formula is C22H24ClN5O5S2. The maximum atomic E-state index is 12.6. The van der Waals surface area contributed by atoms with Crippen LogP contribution in [0, 0.1) is 6.92 Å². The van der Waals surface area contributed by atoms with Crippen LogP contribution in [0.4, 0.5) is 5.00 Å². The first-order chi connectivity index (χ1) is 16.6. The van der Waals surface area contributed by atoms with E-state index >= 15 is 0 Å². The van der Waals surface area contributed by atoms with E-state index in [2.05, 4.69) is 15.5 Å². The summed E-state index contributed by atoms with van der Waals surface area (Å²) in [6, 6.07) is 7.03. The highest BCUT2D eigenvalue weighted by Crippen LogP contribution is 2.34. The van der Waals surface area contributed by atoms with Gasteiger partial charge in [-0.05, 0) is 44.5 Å². The van der Waals surface area contributed by atoms with Gasteiger partial charge in [-0.2, -0.15) is 0 Å². The van der Waals surface area contributed by atoms with Crippen molar-refractivity contribution in [1.82, 2.24) is 14.8 Å². The zero-order valence-corrected chi connectivity index (χ0v) is 21.8. The molecule has 0 bridgehead atoms. The summed E-state index contributed by atoms with van der Waals surface area (Å²) in [4.78, 5) is 36.9. The first-order valence-corrected chi connectivity index (χ1v) is 12.6. The summed E-state index contributed by atoms with van der Waals surface area (Å²) in [5.74, 6) is -0.568. The Bertz CT molecular complexity index is 1260. The number of amides is 2. The number of thioether (sulfide) groups is 1. The Morgan fingerprint density at radius 1 is 1.31 bits per heavy atom. The molecular weight excluding hydrogens is 514 g/mol. The normalized spacial score (nSPS) is 11.7. The monoisotopic (exact) mass is 537 g/mol. The SMILES string of the molecule is CCOC(=O)c1c(NC(=O)CSc2nnc(C(C)Oc3cccc(Cl)c3)n2C)sc(C(N)=O)c1C. The van der Waals surface area contributed by atoms with E-state index in [0.29, 0.717) is 27.3 Å². The van der Waals surface area contributed by atoms with Gasteiger partial charge in [-0.25, -0.2) is 4.79 Å². The Kier molecular flexibility index (Phi) is 8.76. The molecule has 0 aliphatic heterocycles.